The van der Waals surface area contributed by atoms with Crippen LogP contribution in [0.4, 0.5) is 0 Å². The number of rotatable bonds is 4. The Morgan fingerprint density at radius 1 is 1.28 bits per heavy atom. The number of aryl methyl sites for hydroxylation is 1. The van der Waals surface area contributed by atoms with Crippen LogP contribution in [0.5, 0.6) is 11.6 Å². The molecule has 1 N–H and O–H groups in total. The van der Waals surface area contributed by atoms with Crippen LogP contribution in [0.3, 0.4) is 0 Å². The minimum Gasteiger partial charge on any atom is -0.494 e. The number of carbonyl (C=O) groups excluding carboxylic acids is 1. The van der Waals surface area contributed by atoms with Crippen molar-refractivity contribution in [2.75, 3.05) is 0 Å². The molecule has 1 unspecified atom stereocenters. The fourth-order valence-electron chi connectivity index (χ4n) is 2.61. The molecule has 1 atom stereocenters. The average Bonchev–Trinajstić information content (AvgIpc) is 2.57. The summed E-state index contributed by atoms with van der Waals surface area (Å²) in [7, 11) is 1.31. The molecule has 0 radical (unpaired) electrons. The van der Waals surface area contributed by atoms with E-state index in [4.69, 9.17) is 4.74 Å². The van der Waals surface area contributed by atoms with Gasteiger partial charge in [-0.25, -0.2) is 0 Å². The fourth-order valence-corrected chi connectivity index (χ4v) is 2.61. The molecule has 1 aromatic carbocycles. The number of nitrogens with zero attached hydrogens (tertiary/aromatic N) is 2. The normalized spacial score (nSPS) is 11.7. The van der Waals surface area contributed by atoms with E-state index in [1.54, 1.807) is 19.1 Å². The van der Waals surface area contributed by atoms with Crippen molar-refractivity contribution in [3.63, 3.8) is 0 Å². The number of pyridine rings is 1. The Bertz CT molecular complexity index is 951. The highest BCUT2D eigenvalue weighted by molar-refractivity contribution is 6.03. The van der Waals surface area contributed by atoms with E-state index < -0.39 is 23.3 Å². The van der Waals surface area contributed by atoms with E-state index in [9.17, 15) is 20.0 Å². The summed E-state index contributed by atoms with van der Waals surface area (Å²) in [5.41, 5.74) is 1.23. The van der Waals surface area contributed by atoms with Gasteiger partial charge in [0.1, 0.15) is 17.4 Å². The molecule has 0 saturated carbocycles. The highest BCUT2D eigenvalue weighted by Gasteiger charge is 2.27. The Kier molecular flexibility index (Phi) is 4.98. The molecule has 1 aromatic heterocycles. The summed E-state index contributed by atoms with van der Waals surface area (Å²) in [5.74, 6) is -0.394. The molecule has 0 fully saturated rings. The van der Waals surface area contributed by atoms with Crippen molar-refractivity contribution in [3.05, 3.63) is 56.4 Å². The van der Waals surface area contributed by atoms with Crippen LogP contribution >= 0.6 is 0 Å². The summed E-state index contributed by atoms with van der Waals surface area (Å²) in [4.78, 5) is 24.8. The van der Waals surface area contributed by atoms with Crippen molar-refractivity contribution in [2.45, 2.75) is 33.8 Å². The largest absolute Gasteiger partial charge is 0.494 e. The zero-order chi connectivity index (χ0) is 18.9. The van der Waals surface area contributed by atoms with E-state index in [2.05, 4.69) is 0 Å². The number of Topliss-reactive ketones (excluding diaryl/α,β-unsaturated/α-hetero) is 1. The van der Waals surface area contributed by atoms with Gasteiger partial charge in [0.05, 0.1) is 5.56 Å². The van der Waals surface area contributed by atoms with E-state index in [0.29, 0.717) is 5.75 Å². The lowest BCUT2D eigenvalue weighted by atomic mass is 9.99. The lowest BCUT2D eigenvalue weighted by molar-refractivity contribution is 0.0811. The minimum absolute atomic E-state index is 0.0727. The third-order valence-electron chi connectivity index (χ3n) is 4.40. The van der Waals surface area contributed by atoms with Crippen LogP contribution < -0.4 is 10.3 Å². The van der Waals surface area contributed by atoms with Gasteiger partial charge in [-0.15, -0.1) is 0 Å². The second-order valence-corrected chi connectivity index (χ2v) is 6.00. The summed E-state index contributed by atoms with van der Waals surface area (Å²) >= 11 is 0. The monoisotopic (exact) mass is 340 g/mol. The zero-order valence-electron chi connectivity index (χ0n) is 14.9. The van der Waals surface area contributed by atoms with Crippen LogP contribution in [-0.4, -0.2) is 21.6 Å². The van der Waals surface area contributed by atoms with Crippen molar-refractivity contribution >= 4 is 5.78 Å². The molecule has 2 rings (SSSR count). The summed E-state index contributed by atoms with van der Waals surface area (Å²) in [6.45, 7) is 6.87. The highest BCUT2D eigenvalue weighted by Crippen LogP contribution is 2.26. The van der Waals surface area contributed by atoms with Gasteiger partial charge in [-0.2, -0.15) is 5.26 Å². The first-order valence-electron chi connectivity index (χ1n) is 7.80. The van der Waals surface area contributed by atoms with Crippen molar-refractivity contribution in [1.29, 1.82) is 5.26 Å². The average molecular weight is 340 g/mol. The molecule has 0 aliphatic carbocycles. The number of aromatic nitrogens is 1. The zero-order valence-corrected chi connectivity index (χ0v) is 14.9. The van der Waals surface area contributed by atoms with Crippen LogP contribution in [0.15, 0.2) is 23.0 Å². The molecule has 0 amide bonds. The smallest absolute Gasteiger partial charge is 0.271 e. The minimum atomic E-state index is -0.894. The Hall–Kier alpha value is -3.07. The lowest BCUT2D eigenvalue weighted by Crippen LogP contribution is -2.29. The summed E-state index contributed by atoms with van der Waals surface area (Å²) in [6.07, 6.45) is -0.894. The number of hydrogen-bond donors (Lipinski definition) is 1. The quantitative estimate of drug-likeness (QED) is 0.864. The maximum atomic E-state index is 12.8. The number of nitriles is 1. The molecule has 6 heteroatoms. The Morgan fingerprint density at radius 2 is 1.92 bits per heavy atom. The predicted molar refractivity (Wildman–Crippen MR) is 93.1 cm³/mol. The predicted octanol–water partition coefficient (Wildman–Crippen LogP) is 2.54. The first-order chi connectivity index (χ1) is 11.7. The number of aromatic hydroxyl groups is 1. The number of hydrogen-bond acceptors (Lipinski definition) is 5. The van der Waals surface area contributed by atoms with Gasteiger partial charge in [-0.3, -0.25) is 14.2 Å². The van der Waals surface area contributed by atoms with Crippen LogP contribution in [0.1, 0.15) is 39.5 Å². The highest BCUT2D eigenvalue weighted by atomic mass is 16.5. The number of ketones is 1. The number of ether oxygens (including phenoxy) is 1. The van der Waals surface area contributed by atoms with Crippen molar-refractivity contribution in [1.82, 2.24) is 4.57 Å². The van der Waals surface area contributed by atoms with E-state index in [1.165, 1.54) is 14.0 Å². The van der Waals surface area contributed by atoms with Crippen LogP contribution in [-0.2, 0) is 7.05 Å². The lowest BCUT2D eigenvalue weighted by Gasteiger charge is -2.19. The Labute approximate surface area is 145 Å². The van der Waals surface area contributed by atoms with Crippen molar-refractivity contribution in [3.8, 4) is 17.7 Å². The summed E-state index contributed by atoms with van der Waals surface area (Å²) in [6, 6.07) is 7.33. The SMILES string of the molecule is Cc1cccc(OC(C)C(=O)c2c(C)c(C#N)c(=O)n(C)c2O)c1C. The van der Waals surface area contributed by atoms with Crippen molar-refractivity contribution < 1.29 is 14.6 Å². The van der Waals surface area contributed by atoms with Gasteiger partial charge in [0, 0.05) is 7.05 Å². The molecule has 2 aromatic rings. The Balaban J connectivity index is 2.48. The molecule has 0 aliphatic rings. The van der Waals surface area contributed by atoms with Gasteiger partial charge in [-0.05, 0) is 50.5 Å². The number of carbonyl (C=O) groups is 1. The van der Waals surface area contributed by atoms with Crippen LogP contribution in [0, 0.1) is 32.1 Å². The fraction of sp³-hybridized carbons (Fsp3) is 0.316. The van der Waals surface area contributed by atoms with Gasteiger partial charge in [0.2, 0.25) is 11.7 Å². The van der Waals surface area contributed by atoms with Crippen LogP contribution in [0.25, 0.3) is 0 Å². The maximum absolute atomic E-state index is 12.8. The third kappa shape index (κ3) is 3.13. The van der Waals surface area contributed by atoms with Gasteiger partial charge < -0.3 is 9.84 Å². The molecule has 0 spiro atoms. The van der Waals surface area contributed by atoms with Gasteiger partial charge in [0.25, 0.3) is 5.56 Å². The molecule has 0 aliphatic heterocycles. The molecule has 6 nitrogen and oxygen atoms in total. The van der Waals surface area contributed by atoms with Gasteiger partial charge in [0.15, 0.2) is 6.10 Å². The van der Waals surface area contributed by atoms with E-state index >= 15 is 0 Å². The second kappa shape index (κ2) is 6.81. The molecular formula is C19H20N2O4. The molecule has 130 valence electrons. The summed E-state index contributed by atoms with van der Waals surface area (Å²) in [5, 5.41) is 19.4. The molecule has 25 heavy (non-hydrogen) atoms. The first kappa shape index (κ1) is 18.3. The molecule has 1 heterocycles. The van der Waals surface area contributed by atoms with E-state index in [0.717, 1.165) is 15.7 Å². The third-order valence-corrected chi connectivity index (χ3v) is 4.40. The summed E-state index contributed by atoms with van der Waals surface area (Å²) < 4.78 is 6.66. The Morgan fingerprint density at radius 3 is 2.52 bits per heavy atom. The number of benzene rings is 1. The van der Waals surface area contributed by atoms with Gasteiger partial charge >= 0.3 is 0 Å². The molecular weight excluding hydrogens is 320 g/mol. The van der Waals surface area contributed by atoms with Crippen molar-refractivity contribution in [2.24, 2.45) is 7.05 Å². The van der Waals surface area contributed by atoms with Crippen LogP contribution in [0.2, 0.25) is 0 Å². The molecule has 0 saturated heterocycles. The van der Waals surface area contributed by atoms with E-state index in [1.807, 2.05) is 26.0 Å². The van der Waals surface area contributed by atoms with E-state index in [-0.39, 0.29) is 16.7 Å². The topological polar surface area (TPSA) is 92.3 Å². The maximum Gasteiger partial charge on any atom is 0.271 e. The molecule has 0 bridgehead atoms. The second-order valence-electron chi connectivity index (χ2n) is 6.00. The standard InChI is InChI=1S/C19H20N2O4/c1-10-7-6-8-15(11(10)2)25-13(4)17(22)16-12(3)14(9-20)18(23)21(5)19(16)24/h6-8,13,24H,1-5H3. The van der Waals surface area contributed by atoms with Gasteiger partial charge in [-0.1, -0.05) is 12.1 Å². The first-order valence-corrected chi connectivity index (χ1v) is 7.80.